The largest absolute Gasteiger partial charge is 0.497 e. The summed E-state index contributed by atoms with van der Waals surface area (Å²) in [4.78, 5) is 40.8. The second kappa shape index (κ2) is 7.63. The first kappa shape index (κ1) is 18.5. The maximum Gasteiger partial charge on any atom is 0.251 e. The first-order chi connectivity index (χ1) is 13.6. The summed E-state index contributed by atoms with van der Waals surface area (Å²) in [5.41, 5.74) is 0.484. The van der Waals surface area contributed by atoms with E-state index in [-0.39, 0.29) is 17.7 Å². The number of hydrogen-bond donors (Lipinski definition) is 2. The monoisotopic (exact) mass is 399 g/mol. The zero-order chi connectivity index (χ0) is 19.7. The molecule has 2 aliphatic heterocycles. The van der Waals surface area contributed by atoms with Gasteiger partial charge in [-0.2, -0.15) is 0 Å². The van der Waals surface area contributed by atoms with Crippen molar-refractivity contribution in [2.24, 2.45) is 0 Å². The highest BCUT2D eigenvalue weighted by Crippen LogP contribution is 2.25. The van der Waals surface area contributed by atoms with Gasteiger partial charge in [-0.3, -0.25) is 14.4 Å². The van der Waals surface area contributed by atoms with Crippen LogP contribution in [0.15, 0.2) is 41.8 Å². The van der Waals surface area contributed by atoms with Crippen molar-refractivity contribution in [3.05, 3.63) is 52.2 Å². The van der Waals surface area contributed by atoms with Gasteiger partial charge in [0.15, 0.2) is 0 Å². The van der Waals surface area contributed by atoms with Crippen LogP contribution in [-0.4, -0.2) is 54.4 Å². The average molecular weight is 399 g/mol. The van der Waals surface area contributed by atoms with Gasteiger partial charge < -0.3 is 20.3 Å². The molecule has 7 nitrogen and oxygen atoms in total. The standard InChI is InChI=1S/C20H21N3O4S/c1-27-13-6-4-12(5-7-13)18(24)21-15-8-9-23-17(15)19(25)22-16(20(23)26)11-14-3-2-10-28-14/h2-7,10,15-17H,8-9,11H2,1H3,(H,21,24)(H,22,25). The van der Waals surface area contributed by atoms with Gasteiger partial charge in [-0.15, -0.1) is 11.3 Å². The number of amides is 3. The summed E-state index contributed by atoms with van der Waals surface area (Å²) in [7, 11) is 1.56. The van der Waals surface area contributed by atoms with Crippen molar-refractivity contribution in [1.29, 1.82) is 0 Å². The number of rotatable bonds is 5. The molecular weight excluding hydrogens is 378 g/mol. The summed E-state index contributed by atoms with van der Waals surface area (Å²) in [5.74, 6) is 0.103. The summed E-state index contributed by atoms with van der Waals surface area (Å²) < 4.78 is 5.10. The molecular formula is C20H21N3O4S. The zero-order valence-electron chi connectivity index (χ0n) is 15.4. The van der Waals surface area contributed by atoms with E-state index >= 15 is 0 Å². The van der Waals surface area contributed by atoms with E-state index in [9.17, 15) is 14.4 Å². The van der Waals surface area contributed by atoms with Crippen molar-refractivity contribution >= 4 is 29.1 Å². The van der Waals surface area contributed by atoms with Gasteiger partial charge in [0.05, 0.1) is 13.2 Å². The lowest BCUT2D eigenvalue weighted by Crippen LogP contribution is -2.65. The van der Waals surface area contributed by atoms with Crippen LogP contribution >= 0.6 is 11.3 Å². The predicted molar refractivity (Wildman–Crippen MR) is 104 cm³/mol. The molecule has 2 fully saturated rings. The summed E-state index contributed by atoms with van der Waals surface area (Å²) in [6.07, 6.45) is 1.05. The van der Waals surface area contributed by atoms with Gasteiger partial charge in [-0.1, -0.05) is 6.07 Å². The maximum atomic E-state index is 12.8. The van der Waals surface area contributed by atoms with Crippen LogP contribution in [-0.2, 0) is 16.0 Å². The Morgan fingerprint density at radius 3 is 2.75 bits per heavy atom. The van der Waals surface area contributed by atoms with E-state index in [1.165, 1.54) is 0 Å². The van der Waals surface area contributed by atoms with Gasteiger partial charge in [-0.05, 0) is 42.1 Å². The van der Waals surface area contributed by atoms with Crippen LogP contribution in [0.5, 0.6) is 5.75 Å². The highest BCUT2D eigenvalue weighted by molar-refractivity contribution is 7.09. The van der Waals surface area contributed by atoms with Gasteiger partial charge >= 0.3 is 0 Å². The van der Waals surface area contributed by atoms with Crippen molar-refractivity contribution in [2.45, 2.75) is 31.0 Å². The fourth-order valence-electron chi connectivity index (χ4n) is 3.80. The van der Waals surface area contributed by atoms with Crippen molar-refractivity contribution in [3.8, 4) is 5.75 Å². The maximum absolute atomic E-state index is 12.8. The molecule has 0 saturated carbocycles. The third-order valence-corrected chi connectivity index (χ3v) is 6.12. The Labute approximate surface area is 166 Å². The molecule has 146 valence electrons. The molecule has 8 heteroatoms. The third-order valence-electron chi connectivity index (χ3n) is 5.22. The van der Waals surface area contributed by atoms with Gasteiger partial charge in [0.1, 0.15) is 17.8 Å². The summed E-state index contributed by atoms with van der Waals surface area (Å²) in [6, 6.07) is 9.04. The molecule has 0 spiro atoms. The van der Waals surface area contributed by atoms with Crippen molar-refractivity contribution < 1.29 is 19.1 Å². The Morgan fingerprint density at radius 2 is 2.07 bits per heavy atom. The number of nitrogens with one attached hydrogen (secondary N) is 2. The average Bonchev–Trinajstić information content (AvgIpc) is 3.36. The van der Waals surface area contributed by atoms with Crippen LogP contribution < -0.4 is 15.4 Å². The lowest BCUT2D eigenvalue weighted by molar-refractivity contribution is -0.147. The normalized spacial score (nSPS) is 23.9. The minimum atomic E-state index is -0.658. The molecule has 0 radical (unpaired) electrons. The molecule has 0 aliphatic carbocycles. The quantitative estimate of drug-likeness (QED) is 0.791. The van der Waals surface area contributed by atoms with Crippen molar-refractivity contribution in [1.82, 2.24) is 15.5 Å². The fraction of sp³-hybridized carbons (Fsp3) is 0.350. The molecule has 28 heavy (non-hydrogen) atoms. The number of hydrogen-bond acceptors (Lipinski definition) is 5. The minimum Gasteiger partial charge on any atom is -0.497 e. The van der Waals surface area contributed by atoms with Crippen LogP contribution in [0, 0.1) is 0 Å². The van der Waals surface area contributed by atoms with Crippen molar-refractivity contribution in [2.75, 3.05) is 13.7 Å². The highest BCUT2D eigenvalue weighted by atomic mass is 32.1. The second-order valence-corrected chi connectivity index (χ2v) is 7.95. The molecule has 3 atom stereocenters. The van der Waals surface area contributed by atoms with E-state index in [2.05, 4.69) is 10.6 Å². The number of thiophene rings is 1. The first-order valence-corrected chi connectivity index (χ1v) is 10.0. The number of piperazine rings is 1. The van der Waals surface area contributed by atoms with E-state index in [0.717, 1.165) is 4.88 Å². The Morgan fingerprint density at radius 1 is 1.29 bits per heavy atom. The van der Waals surface area contributed by atoms with E-state index in [4.69, 9.17) is 4.74 Å². The number of ether oxygens (including phenoxy) is 1. The van der Waals surface area contributed by atoms with E-state index in [1.807, 2.05) is 17.5 Å². The highest BCUT2D eigenvalue weighted by Gasteiger charge is 2.48. The number of nitrogens with zero attached hydrogens (tertiary/aromatic N) is 1. The number of benzene rings is 1. The zero-order valence-corrected chi connectivity index (χ0v) is 16.2. The SMILES string of the molecule is COc1ccc(C(=O)NC2CCN3C(=O)C(Cc4cccs4)NC(=O)C23)cc1. The molecule has 2 saturated heterocycles. The Hall–Kier alpha value is -2.87. The Balaban J connectivity index is 1.43. The molecule has 2 aliphatic rings. The summed E-state index contributed by atoms with van der Waals surface area (Å²) >= 11 is 1.57. The molecule has 0 bridgehead atoms. The predicted octanol–water partition coefficient (Wildman–Crippen LogP) is 1.20. The van der Waals surface area contributed by atoms with Crippen LogP contribution in [0.2, 0.25) is 0 Å². The van der Waals surface area contributed by atoms with Crippen LogP contribution in [0.3, 0.4) is 0 Å². The molecule has 4 rings (SSSR count). The van der Waals surface area contributed by atoms with E-state index < -0.39 is 18.1 Å². The van der Waals surface area contributed by atoms with Crippen LogP contribution in [0.1, 0.15) is 21.7 Å². The molecule has 3 amide bonds. The van der Waals surface area contributed by atoms with Crippen LogP contribution in [0.25, 0.3) is 0 Å². The fourth-order valence-corrected chi connectivity index (χ4v) is 4.55. The molecule has 3 heterocycles. The third kappa shape index (κ3) is 3.47. The van der Waals surface area contributed by atoms with Crippen molar-refractivity contribution in [3.63, 3.8) is 0 Å². The second-order valence-electron chi connectivity index (χ2n) is 6.92. The van der Waals surface area contributed by atoms with E-state index in [0.29, 0.717) is 30.7 Å². The molecule has 2 N–H and O–H groups in total. The molecule has 1 aromatic carbocycles. The number of carbonyl (C=O) groups is 3. The number of fused-ring (bicyclic) bond motifs is 1. The Bertz CT molecular complexity index is 881. The molecule has 2 aromatic rings. The molecule has 1 aromatic heterocycles. The number of methoxy groups -OCH3 is 1. The van der Waals surface area contributed by atoms with Gasteiger partial charge in [0.25, 0.3) is 5.91 Å². The summed E-state index contributed by atoms with van der Waals surface area (Å²) in [5, 5.41) is 7.71. The van der Waals surface area contributed by atoms with Crippen LogP contribution in [0.4, 0.5) is 0 Å². The summed E-state index contributed by atoms with van der Waals surface area (Å²) in [6.45, 7) is 0.464. The van der Waals surface area contributed by atoms with Gasteiger partial charge in [-0.25, -0.2) is 0 Å². The van der Waals surface area contributed by atoms with Gasteiger partial charge in [0, 0.05) is 23.4 Å². The minimum absolute atomic E-state index is 0.0841. The first-order valence-electron chi connectivity index (χ1n) is 9.15. The van der Waals surface area contributed by atoms with Gasteiger partial charge in [0.2, 0.25) is 11.8 Å². The number of carbonyl (C=O) groups excluding carboxylic acids is 3. The van der Waals surface area contributed by atoms with E-state index in [1.54, 1.807) is 47.6 Å². The lowest BCUT2D eigenvalue weighted by Gasteiger charge is -2.36. The molecule has 3 unspecified atom stereocenters. The Kier molecular flexibility index (Phi) is 5.04. The smallest absolute Gasteiger partial charge is 0.251 e. The topological polar surface area (TPSA) is 87.7 Å². The lowest BCUT2D eigenvalue weighted by atomic mass is 10.0.